The van der Waals surface area contributed by atoms with Gasteiger partial charge in [0.15, 0.2) is 11.8 Å². The van der Waals surface area contributed by atoms with Crippen LogP contribution >= 0.6 is 24.0 Å². The molecule has 29 heavy (non-hydrogen) atoms. The lowest BCUT2D eigenvalue weighted by Crippen LogP contribution is -2.47. The van der Waals surface area contributed by atoms with Gasteiger partial charge in [-0.25, -0.2) is 9.67 Å². The molecule has 160 valence electrons. The minimum absolute atomic E-state index is 0. The second-order valence-electron chi connectivity index (χ2n) is 6.95. The third kappa shape index (κ3) is 7.14. The van der Waals surface area contributed by atoms with E-state index in [4.69, 9.17) is 9.47 Å². The number of benzene rings is 1. The van der Waals surface area contributed by atoms with E-state index in [1.54, 1.807) is 14.2 Å². The van der Waals surface area contributed by atoms with Gasteiger partial charge in [-0.05, 0) is 31.9 Å². The van der Waals surface area contributed by atoms with Crippen molar-refractivity contribution in [2.24, 2.45) is 4.99 Å². The van der Waals surface area contributed by atoms with Crippen molar-refractivity contribution in [2.75, 3.05) is 27.3 Å². The zero-order valence-electron chi connectivity index (χ0n) is 17.4. The van der Waals surface area contributed by atoms with Gasteiger partial charge in [0.1, 0.15) is 18.2 Å². The van der Waals surface area contributed by atoms with E-state index in [1.165, 1.54) is 5.56 Å². The van der Waals surface area contributed by atoms with Gasteiger partial charge in [0.05, 0.1) is 13.2 Å². The molecule has 0 amide bonds. The normalized spacial score (nSPS) is 16.0. The summed E-state index contributed by atoms with van der Waals surface area (Å²) in [4.78, 5) is 8.84. The largest absolute Gasteiger partial charge is 0.494 e. The van der Waals surface area contributed by atoms with Crippen molar-refractivity contribution in [3.63, 3.8) is 0 Å². The maximum atomic E-state index is 5.76. The number of nitrogens with one attached hydrogen (secondary N) is 2. The zero-order valence-corrected chi connectivity index (χ0v) is 19.7. The molecule has 1 unspecified atom stereocenters. The number of halogens is 1. The van der Waals surface area contributed by atoms with Crippen LogP contribution < -0.4 is 15.4 Å². The average molecular weight is 514 g/mol. The molecule has 0 radical (unpaired) electrons. The molecule has 0 saturated heterocycles. The molecule has 2 aromatic rings. The molecule has 3 rings (SSSR count). The average Bonchev–Trinajstić information content (AvgIpc) is 3.10. The van der Waals surface area contributed by atoms with Gasteiger partial charge in [-0.15, -0.1) is 24.0 Å². The minimum atomic E-state index is 0. The molecule has 0 spiro atoms. The van der Waals surface area contributed by atoms with Crippen LogP contribution in [0.3, 0.4) is 0 Å². The smallest absolute Gasteiger partial charge is 0.191 e. The summed E-state index contributed by atoms with van der Waals surface area (Å²) in [7, 11) is 3.45. The van der Waals surface area contributed by atoms with Crippen LogP contribution in [0.5, 0.6) is 5.75 Å². The highest BCUT2D eigenvalue weighted by molar-refractivity contribution is 14.0. The Morgan fingerprint density at radius 3 is 2.83 bits per heavy atom. The van der Waals surface area contributed by atoms with Crippen molar-refractivity contribution in [1.29, 1.82) is 0 Å². The molecule has 1 aliphatic rings. The Bertz CT molecular complexity index is 778. The summed E-state index contributed by atoms with van der Waals surface area (Å²) >= 11 is 0. The molecule has 9 heteroatoms. The molecule has 1 atom stereocenters. The number of guanidine groups is 1. The van der Waals surface area contributed by atoms with Gasteiger partial charge in [0, 0.05) is 33.2 Å². The van der Waals surface area contributed by atoms with E-state index in [-0.39, 0.29) is 30.0 Å². The van der Waals surface area contributed by atoms with Crippen LogP contribution in [0.25, 0.3) is 0 Å². The van der Waals surface area contributed by atoms with Gasteiger partial charge in [-0.3, -0.25) is 4.99 Å². The number of aromatic nitrogens is 3. The first kappa shape index (κ1) is 23.4. The standard InChI is InChI=1S/C20H30N6O2.HI/c1-15-5-8-17(9-6-15)28-12-4-11-22-20(21-2)23-16-7-10-19-24-18(14-27-3)25-26(19)13-16;/h5-6,8-9,16H,4,7,10-14H2,1-3H3,(H2,21,22,23);1H. The summed E-state index contributed by atoms with van der Waals surface area (Å²) in [6.07, 6.45) is 2.80. The molecule has 0 saturated carbocycles. The fourth-order valence-electron chi connectivity index (χ4n) is 3.16. The van der Waals surface area contributed by atoms with E-state index < -0.39 is 0 Å². The molecule has 2 heterocycles. The first-order valence-electron chi connectivity index (χ1n) is 9.76. The highest BCUT2D eigenvalue weighted by atomic mass is 127. The summed E-state index contributed by atoms with van der Waals surface area (Å²) in [5, 5.41) is 11.3. The Kier molecular flexibility index (Phi) is 9.65. The number of rotatable bonds is 8. The molecular formula is C20H31IN6O2. The second-order valence-corrected chi connectivity index (χ2v) is 6.95. The van der Waals surface area contributed by atoms with Crippen LogP contribution in [0.4, 0.5) is 0 Å². The molecule has 0 bridgehead atoms. The number of hydrogen-bond acceptors (Lipinski definition) is 5. The van der Waals surface area contributed by atoms with Crippen LogP contribution in [0.15, 0.2) is 29.3 Å². The summed E-state index contributed by atoms with van der Waals surface area (Å²) in [6.45, 7) is 4.77. The summed E-state index contributed by atoms with van der Waals surface area (Å²) < 4.78 is 12.8. The number of hydrogen-bond donors (Lipinski definition) is 2. The lowest BCUT2D eigenvalue weighted by atomic mass is 10.1. The van der Waals surface area contributed by atoms with Crippen LogP contribution in [-0.2, 0) is 24.3 Å². The van der Waals surface area contributed by atoms with Crippen molar-refractivity contribution in [3.8, 4) is 5.75 Å². The predicted octanol–water partition coefficient (Wildman–Crippen LogP) is 2.30. The van der Waals surface area contributed by atoms with Crippen LogP contribution in [0, 0.1) is 6.92 Å². The topological polar surface area (TPSA) is 85.6 Å². The van der Waals surface area contributed by atoms with E-state index in [1.807, 2.05) is 16.8 Å². The zero-order chi connectivity index (χ0) is 19.8. The summed E-state index contributed by atoms with van der Waals surface area (Å²) in [5.41, 5.74) is 1.24. The Balaban J connectivity index is 0.00000300. The van der Waals surface area contributed by atoms with E-state index in [9.17, 15) is 0 Å². The lowest BCUT2D eigenvalue weighted by Gasteiger charge is -2.25. The van der Waals surface area contributed by atoms with Gasteiger partial charge >= 0.3 is 0 Å². The molecule has 0 aliphatic carbocycles. The highest BCUT2D eigenvalue weighted by Crippen LogP contribution is 2.13. The van der Waals surface area contributed by atoms with E-state index in [0.29, 0.717) is 13.2 Å². The van der Waals surface area contributed by atoms with Gasteiger partial charge in [0.2, 0.25) is 0 Å². The van der Waals surface area contributed by atoms with Crippen molar-refractivity contribution in [1.82, 2.24) is 25.4 Å². The molecule has 8 nitrogen and oxygen atoms in total. The van der Waals surface area contributed by atoms with Crippen molar-refractivity contribution in [2.45, 2.75) is 45.4 Å². The first-order valence-corrected chi connectivity index (χ1v) is 9.76. The van der Waals surface area contributed by atoms with Crippen LogP contribution in [0.1, 0.15) is 30.1 Å². The second kappa shape index (κ2) is 12.0. The van der Waals surface area contributed by atoms with Gasteiger partial charge in [0.25, 0.3) is 0 Å². The van der Waals surface area contributed by atoms with E-state index in [2.05, 4.69) is 44.8 Å². The van der Waals surface area contributed by atoms with Crippen molar-refractivity contribution < 1.29 is 9.47 Å². The Morgan fingerprint density at radius 1 is 1.31 bits per heavy atom. The summed E-state index contributed by atoms with van der Waals surface area (Å²) in [6, 6.07) is 8.40. The number of ether oxygens (including phenoxy) is 2. The maximum Gasteiger partial charge on any atom is 0.191 e. The molecule has 1 aromatic carbocycles. The third-order valence-corrected chi connectivity index (χ3v) is 4.64. The van der Waals surface area contributed by atoms with Gasteiger partial charge in [-0.2, -0.15) is 5.10 Å². The fourth-order valence-corrected chi connectivity index (χ4v) is 3.16. The highest BCUT2D eigenvalue weighted by Gasteiger charge is 2.22. The third-order valence-electron chi connectivity index (χ3n) is 4.64. The maximum absolute atomic E-state index is 5.76. The molecule has 0 fully saturated rings. The molecular weight excluding hydrogens is 483 g/mol. The number of fused-ring (bicyclic) bond motifs is 1. The van der Waals surface area contributed by atoms with Gasteiger partial charge < -0.3 is 20.1 Å². The molecule has 2 N–H and O–H groups in total. The van der Waals surface area contributed by atoms with Crippen LogP contribution in [-0.4, -0.2) is 54.1 Å². The number of methoxy groups -OCH3 is 1. The monoisotopic (exact) mass is 514 g/mol. The first-order chi connectivity index (χ1) is 13.7. The SMILES string of the molecule is CN=C(NCCCOc1ccc(C)cc1)NC1CCc2nc(COC)nn2C1.I. The molecule has 1 aliphatic heterocycles. The Hall–Kier alpha value is -1.88. The van der Waals surface area contributed by atoms with Crippen LogP contribution in [0.2, 0.25) is 0 Å². The Labute approximate surface area is 189 Å². The summed E-state index contributed by atoms with van der Waals surface area (Å²) in [5.74, 6) is 3.49. The van der Waals surface area contributed by atoms with Gasteiger partial charge in [-0.1, -0.05) is 17.7 Å². The predicted molar refractivity (Wildman–Crippen MR) is 124 cm³/mol. The minimum Gasteiger partial charge on any atom is -0.494 e. The lowest BCUT2D eigenvalue weighted by molar-refractivity contribution is 0.177. The quantitative estimate of drug-likeness (QED) is 0.244. The van der Waals surface area contributed by atoms with Crippen molar-refractivity contribution in [3.05, 3.63) is 41.5 Å². The number of aryl methyl sites for hydroxylation is 2. The molecule has 1 aromatic heterocycles. The number of aliphatic imine (C=N–C) groups is 1. The van der Waals surface area contributed by atoms with E-state index >= 15 is 0 Å². The number of nitrogens with zero attached hydrogens (tertiary/aromatic N) is 4. The Morgan fingerprint density at radius 2 is 2.10 bits per heavy atom. The fraction of sp³-hybridized carbons (Fsp3) is 0.550. The van der Waals surface area contributed by atoms with Crippen molar-refractivity contribution >= 4 is 29.9 Å². The van der Waals surface area contributed by atoms with E-state index in [0.717, 1.165) is 55.7 Å².